The summed E-state index contributed by atoms with van der Waals surface area (Å²) in [5, 5.41) is 0. The summed E-state index contributed by atoms with van der Waals surface area (Å²) in [6.45, 7) is 4.83. The highest BCUT2D eigenvalue weighted by Gasteiger charge is 2.30. The number of pyridine rings is 2. The Morgan fingerprint density at radius 3 is 2.73 bits per heavy atom. The lowest BCUT2D eigenvalue weighted by atomic mass is 10.1. The summed E-state index contributed by atoms with van der Waals surface area (Å²) in [6.07, 6.45) is 6.11. The molecule has 5 rings (SSSR count). The van der Waals surface area contributed by atoms with Crippen LogP contribution in [0.15, 0.2) is 71.8 Å². The minimum absolute atomic E-state index is 0.130. The van der Waals surface area contributed by atoms with Crippen molar-refractivity contribution in [2.45, 2.75) is 25.5 Å². The number of aromatic nitrogens is 2. The third-order valence-electron chi connectivity index (χ3n) is 6.06. The lowest BCUT2D eigenvalue weighted by Gasteiger charge is -2.38. The first-order chi connectivity index (χ1) is 14.8. The lowest BCUT2D eigenvalue weighted by molar-refractivity contribution is 0.230. The SMILES string of the molecule is O=c1cc(OCc2ccccc2)ccn1-c1ccc(N2CCN3CCCC3C2)nc1. The van der Waals surface area contributed by atoms with Crippen molar-refractivity contribution in [2.24, 2.45) is 0 Å². The van der Waals surface area contributed by atoms with E-state index in [0.717, 1.165) is 36.7 Å². The van der Waals surface area contributed by atoms with Gasteiger partial charge in [0.2, 0.25) is 0 Å². The van der Waals surface area contributed by atoms with Crippen molar-refractivity contribution in [3.63, 3.8) is 0 Å². The van der Waals surface area contributed by atoms with E-state index in [1.165, 1.54) is 25.5 Å². The van der Waals surface area contributed by atoms with Crippen LogP contribution in [0.3, 0.4) is 0 Å². The Morgan fingerprint density at radius 2 is 1.93 bits per heavy atom. The van der Waals surface area contributed by atoms with Gasteiger partial charge in [-0.1, -0.05) is 30.3 Å². The van der Waals surface area contributed by atoms with Crippen LogP contribution in [-0.4, -0.2) is 46.7 Å². The van der Waals surface area contributed by atoms with Crippen molar-refractivity contribution in [2.75, 3.05) is 31.1 Å². The van der Waals surface area contributed by atoms with Crippen molar-refractivity contribution in [1.82, 2.24) is 14.5 Å². The normalized spacial score (nSPS) is 18.9. The van der Waals surface area contributed by atoms with Gasteiger partial charge in [-0.3, -0.25) is 14.3 Å². The molecule has 6 heteroatoms. The zero-order chi connectivity index (χ0) is 20.3. The number of piperazine rings is 1. The quantitative estimate of drug-likeness (QED) is 0.656. The molecule has 0 aliphatic carbocycles. The minimum atomic E-state index is -0.130. The largest absolute Gasteiger partial charge is 0.489 e. The van der Waals surface area contributed by atoms with E-state index in [1.807, 2.05) is 48.5 Å². The fourth-order valence-electron chi connectivity index (χ4n) is 4.41. The molecule has 0 spiro atoms. The minimum Gasteiger partial charge on any atom is -0.489 e. The van der Waals surface area contributed by atoms with E-state index in [4.69, 9.17) is 4.74 Å². The van der Waals surface area contributed by atoms with Gasteiger partial charge < -0.3 is 9.64 Å². The zero-order valence-corrected chi connectivity index (χ0v) is 17.0. The molecule has 3 aromatic rings. The highest BCUT2D eigenvalue weighted by atomic mass is 16.5. The molecule has 0 saturated carbocycles. The van der Waals surface area contributed by atoms with Crippen LogP contribution in [0.2, 0.25) is 0 Å². The van der Waals surface area contributed by atoms with E-state index in [1.54, 1.807) is 17.0 Å². The molecule has 2 aliphatic rings. The number of hydrogen-bond acceptors (Lipinski definition) is 5. The molecule has 0 N–H and O–H groups in total. The average molecular weight is 402 g/mol. The van der Waals surface area contributed by atoms with E-state index in [0.29, 0.717) is 18.4 Å². The Morgan fingerprint density at radius 1 is 1.03 bits per heavy atom. The van der Waals surface area contributed by atoms with Crippen LogP contribution in [0.4, 0.5) is 5.82 Å². The molecule has 0 bridgehead atoms. The van der Waals surface area contributed by atoms with E-state index in [2.05, 4.69) is 14.8 Å². The Hall–Kier alpha value is -3.12. The van der Waals surface area contributed by atoms with Crippen molar-refractivity contribution in [3.8, 4) is 11.4 Å². The fraction of sp³-hybridized carbons (Fsp3) is 0.333. The molecule has 154 valence electrons. The first-order valence-corrected chi connectivity index (χ1v) is 10.6. The molecule has 6 nitrogen and oxygen atoms in total. The molecule has 2 fully saturated rings. The molecule has 1 aromatic carbocycles. The van der Waals surface area contributed by atoms with Crippen LogP contribution in [0.5, 0.6) is 5.75 Å². The van der Waals surface area contributed by atoms with Crippen molar-refractivity contribution < 1.29 is 4.74 Å². The Balaban J connectivity index is 1.27. The molecule has 2 saturated heterocycles. The Labute approximate surface area is 176 Å². The molecule has 4 heterocycles. The number of benzene rings is 1. The van der Waals surface area contributed by atoms with Gasteiger partial charge in [-0.15, -0.1) is 0 Å². The maximum atomic E-state index is 12.6. The number of nitrogens with zero attached hydrogens (tertiary/aromatic N) is 4. The van der Waals surface area contributed by atoms with E-state index in [-0.39, 0.29) is 5.56 Å². The summed E-state index contributed by atoms with van der Waals surface area (Å²) in [4.78, 5) is 22.2. The van der Waals surface area contributed by atoms with Gasteiger partial charge in [-0.05, 0) is 43.1 Å². The Bertz CT molecular complexity index is 1050. The standard InChI is InChI=1S/C24H26N4O2/c29-24-15-22(30-18-19-5-2-1-3-6-19)10-12-28(24)20-8-9-23(25-16-20)27-14-13-26-11-4-7-21(26)17-27/h1-3,5-6,8-10,12,15-16,21H,4,7,11,13-14,17-18H2. The van der Waals surface area contributed by atoms with Crippen molar-refractivity contribution in [3.05, 3.63) is 82.9 Å². The number of rotatable bonds is 5. The van der Waals surface area contributed by atoms with Gasteiger partial charge in [-0.25, -0.2) is 4.98 Å². The molecule has 0 radical (unpaired) electrons. The Kier molecular flexibility index (Phi) is 5.24. The van der Waals surface area contributed by atoms with Gasteiger partial charge >= 0.3 is 0 Å². The smallest absolute Gasteiger partial charge is 0.258 e. The second-order valence-corrected chi connectivity index (χ2v) is 8.00. The van der Waals surface area contributed by atoms with Crippen molar-refractivity contribution in [1.29, 1.82) is 0 Å². The van der Waals surface area contributed by atoms with Crippen LogP contribution in [0, 0.1) is 0 Å². The predicted molar refractivity (Wildman–Crippen MR) is 117 cm³/mol. The van der Waals surface area contributed by atoms with Crippen LogP contribution in [0.1, 0.15) is 18.4 Å². The summed E-state index contributed by atoms with van der Waals surface area (Å²) < 4.78 is 7.36. The van der Waals surface area contributed by atoms with Crippen LogP contribution >= 0.6 is 0 Å². The van der Waals surface area contributed by atoms with Crippen LogP contribution in [0.25, 0.3) is 5.69 Å². The topological polar surface area (TPSA) is 50.6 Å². The highest BCUT2D eigenvalue weighted by Crippen LogP contribution is 2.24. The van der Waals surface area contributed by atoms with Gasteiger partial charge in [0, 0.05) is 37.9 Å². The molecular formula is C24H26N4O2. The average Bonchev–Trinajstić information content (AvgIpc) is 3.27. The third kappa shape index (κ3) is 3.96. The molecule has 1 unspecified atom stereocenters. The van der Waals surface area contributed by atoms with Crippen LogP contribution < -0.4 is 15.2 Å². The number of ether oxygens (including phenoxy) is 1. The molecule has 0 amide bonds. The summed E-state index contributed by atoms with van der Waals surface area (Å²) in [7, 11) is 0. The van der Waals surface area contributed by atoms with Gasteiger partial charge in [-0.2, -0.15) is 0 Å². The van der Waals surface area contributed by atoms with Gasteiger partial charge in [0.05, 0.1) is 11.9 Å². The molecule has 1 atom stereocenters. The second-order valence-electron chi connectivity index (χ2n) is 8.00. The van der Waals surface area contributed by atoms with E-state index in [9.17, 15) is 4.79 Å². The van der Waals surface area contributed by atoms with E-state index < -0.39 is 0 Å². The molecule has 30 heavy (non-hydrogen) atoms. The first-order valence-electron chi connectivity index (χ1n) is 10.6. The van der Waals surface area contributed by atoms with Crippen LogP contribution in [-0.2, 0) is 6.61 Å². The van der Waals surface area contributed by atoms with Crippen molar-refractivity contribution >= 4 is 5.82 Å². The van der Waals surface area contributed by atoms with Gasteiger partial charge in [0.1, 0.15) is 18.2 Å². The maximum absolute atomic E-state index is 12.6. The summed E-state index contributed by atoms with van der Waals surface area (Å²) in [5.74, 6) is 1.56. The monoisotopic (exact) mass is 402 g/mol. The highest BCUT2D eigenvalue weighted by molar-refractivity contribution is 5.44. The number of anilines is 1. The van der Waals surface area contributed by atoms with Gasteiger partial charge in [0.15, 0.2) is 0 Å². The second kappa shape index (κ2) is 8.32. The summed E-state index contributed by atoms with van der Waals surface area (Å²) in [6, 6.07) is 17.9. The molecule has 2 aromatic heterocycles. The first kappa shape index (κ1) is 18.9. The molecular weight excluding hydrogens is 376 g/mol. The number of fused-ring (bicyclic) bond motifs is 1. The van der Waals surface area contributed by atoms with E-state index >= 15 is 0 Å². The maximum Gasteiger partial charge on any atom is 0.258 e. The number of hydrogen-bond donors (Lipinski definition) is 0. The zero-order valence-electron chi connectivity index (χ0n) is 17.0. The summed E-state index contributed by atoms with van der Waals surface area (Å²) in [5.41, 5.74) is 1.70. The lowest BCUT2D eigenvalue weighted by Crippen LogP contribution is -2.50. The molecule has 2 aliphatic heterocycles. The predicted octanol–water partition coefficient (Wildman–Crippen LogP) is 3.10. The van der Waals surface area contributed by atoms with Gasteiger partial charge in [0.25, 0.3) is 5.56 Å². The fourth-order valence-corrected chi connectivity index (χ4v) is 4.41. The third-order valence-corrected chi connectivity index (χ3v) is 6.06. The summed E-state index contributed by atoms with van der Waals surface area (Å²) >= 11 is 0.